The van der Waals surface area contributed by atoms with Crippen LogP contribution in [0.1, 0.15) is 44.4 Å². The second-order valence-corrected chi connectivity index (χ2v) is 10.9. The molecule has 1 aliphatic rings. The Hall–Kier alpha value is -2.32. The summed E-state index contributed by atoms with van der Waals surface area (Å²) in [6.45, 7) is 8.58. The van der Waals surface area contributed by atoms with Crippen molar-refractivity contribution in [3.05, 3.63) is 75.6 Å². The molecule has 0 saturated heterocycles. The van der Waals surface area contributed by atoms with Crippen molar-refractivity contribution < 1.29 is 9.29 Å². The van der Waals surface area contributed by atoms with Gasteiger partial charge < -0.3 is 14.2 Å². The molecule has 0 aromatic heterocycles. The van der Waals surface area contributed by atoms with Gasteiger partial charge in [-0.3, -0.25) is 10.7 Å². The third kappa shape index (κ3) is 5.84. The van der Waals surface area contributed by atoms with Crippen LogP contribution in [0, 0.1) is 5.41 Å². The smallest absolute Gasteiger partial charge is 0.215 e. The predicted molar refractivity (Wildman–Crippen MR) is 141 cm³/mol. The Morgan fingerprint density at radius 1 is 1.26 bits per heavy atom. The number of nitrogens with one attached hydrogen (secondary N) is 2. The van der Waals surface area contributed by atoms with E-state index in [4.69, 9.17) is 26.7 Å². The topological polar surface area (TPSA) is 83.8 Å². The number of allylic oxidation sites excluding steroid dienone is 1. The summed E-state index contributed by atoms with van der Waals surface area (Å²) < 4.78 is 18.4. The molecule has 0 amide bonds. The van der Waals surface area contributed by atoms with Crippen LogP contribution in [0.25, 0.3) is 0 Å². The molecule has 34 heavy (non-hydrogen) atoms. The number of aliphatic imine (C=N–C) groups is 1. The number of benzene rings is 2. The van der Waals surface area contributed by atoms with Crippen molar-refractivity contribution in [3.63, 3.8) is 0 Å². The van der Waals surface area contributed by atoms with Gasteiger partial charge in [0.25, 0.3) is 0 Å². The minimum absolute atomic E-state index is 0.0229. The molecular weight excluding hydrogens is 468 g/mol. The molecule has 6 nitrogen and oxygen atoms in total. The monoisotopic (exact) mass is 500 g/mol. The van der Waals surface area contributed by atoms with E-state index in [1.807, 2.05) is 71.1 Å². The number of aryl methyl sites for hydroxylation is 1. The zero-order chi connectivity index (χ0) is 25.0. The minimum Gasteiger partial charge on any atom is -0.611 e. The summed E-state index contributed by atoms with van der Waals surface area (Å²) in [7, 11) is 3.79. The average molecular weight is 501 g/mol. The lowest BCUT2D eigenvalue weighted by molar-refractivity contribution is 0.188. The highest BCUT2D eigenvalue weighted by molar-refractivity contribution is 7.92. The molecule has 3 rings (SSSR count). The molecule has 0 aliphatic carbocycles. The van der Waals surface area contributed by atoms with Crippen molar-refractivity contribution in [3.8, 4) is 0 Å². The lowest BCUT2D eigenvalue weighted by Gasteiger charge is -2.31. The van der Waals surface area contributed by atoms with Crippen LogP contribution in [0.2, 0.25) is 5.02 Å². The number of likely N-dealkylation sites (N-methyl/N-ethyl adjacent to an activating group) is 2. The molecule has 2 atom stereocenters. The van der Waals surface area contributed by atoms with Crippen molar-refractivity contribution >= 4 is 34.4 Å². The molecule has 2 N–H and O–H groups in total. The summed E-state index contributed by atoms with van der Waals surface area (Å²) in [5.74, 6) is 0.0229. The Labute approximate surface area is 210 Å². The highest BCUT2D eigenvalue weighted by Crippen LogP contribution is 2.25. The zero-order valence-corrected chi connectivity index (χ0v) is 22.2. The van der Waals surface area contributed by atoms with E-state index in [2.05, 4.69) is 10.2 Å². The summed E-state index contributed by atoms with van der Waals surface area (Å²) in [5, 5.41) is 12.3. The third-order valence-corrected chi connectivity index (χ3v) is 7.82. The standard InChI is InChI=1S/C26H33ClN4O2S/c1-7-18-8-9-20(14-22(18)27)25(28)33-26(29-5)24-17(4)31(6)15-23(30-24)19-10-12-21(13-11-19)34(32)16(2)3/h8-14,16,26,28-29H,7,15H2,1-6H3. The largest absolute Gasteiger partial charge is 0.611 e. The summed E-state index contributed by atoms with van der Waals surface area (Å²) in [6.07, 6.45) is 0.221. The first-order valence-electron chi connectivity index (χ1n) is 11.4. The van der Waals surface area contributed by atoms with E-state index in [-0.39, 0.29) is 11.1 Å². The molecule has 0 fully saturated rings. The predicted octanol–water partition coefficient (Wildman–Crippen LogP) is 4.97. The number of halogens is 1. The Kier molecular flexibility index (Phi) is 8.82. The fraction of sp³-hybridized carbons (Fsp3) is 0.385. The van der Waals surface area contributed by atoms with E-state index < -0.39 is 17.4 Å². The van der Waals surface area contributed by atoms with Gasteiger partial charge in [0.15, 0.2) is 11.1 Å². The SMILES string of the molecule is CCc1ccc(C(=N)OC(NC)C2=C(C)N(C)CC(c3ccc([S+]([O-])C(C)C)cc3)=N2)cc1Cl. The number of nitrogens with zero attached hydrogens (tertiary/aromatic N) is 2. The van der Waals surface area contributed by atoms with Crippen molar-refractivity contribution in [2.75, 3.05) is 20.6 Å². The highest BCUT2D eigenvalue weighted by Gasteiger charge is 2.26. The minimum atomic E-state index is -1.03. The molecule has 182 valence electrons. The number of rotatable bonds is 8. The maximum atomic E-state index is 12.4. The quantitative estimate of drug-likeness (QED) is 0.232. The van der Waals surface area contributed by atoms with E-state index in [0.717, 1.165) is 33.9 Å². The molecule has 8 heteroatoms. The molecule has 1 heterocycles. The van der Waals surface area contributed by atoms with E-state index in [1.165, 1.54) is 0 Å². The van der Waals surface area contributed by atoms with E-state index in [0.29, 0.717) is 22.8 Å². The molecular formula is C26H33ClN4O2S. The summed E-state index contributed by atoms with van der Waals surface area (Å²) >= 11 is 5.32. The first-order chi connectivity index (χ1) is 16.2. The first kappa shape index (κ1) is 26.3. The highest BCUT2D eigenvalue weighted by atomic mass is 35.5. The third-order valence-electron chi connectivity index (χ3n) is 5.88. The van der Waals surface area contributed by atoms with Gasteiger partial charge in [0.1, 0.15) is 10.9 Å². The van der Waals surface area contributed by atoms with Crippen LogP contribution in [0.5, 0.6) is 0 Å². The maximum absolute atomic E-state index is 12.4. The normalized spacial score (nSPS) is 15.9. The summed E-state index contributed by atoms with van der Waals surface area (Å²) in [6, 6.07) is 13.3. The van der Waals surface area contributed by atoms with Crippen molar-refractivity contribution in [2.24, 2.45) is 4.99 Å². The van der Waals surface area contributed by atoms with Crippen LogP contribution < -0.4 is 5.32 Å². The van der Waals surface area contributed by atoms with Gasteiger partial charge in [0.05, 0.1) is 12.3 Å². The van der Waals surface area contributed by atoms with Gasteiger partial charge in [-0.15, -0.1) is 0 Å². The van der Waals surface area contributed by atoms with E-state index in [9.17, 15) is 4.55 Å². The first-order valence-corrected chi connectivity index (χ1v) is 13.0. The van der Waals surface area contributed by atoms with Crippen molar-refractivity contribution in [1.29, 1.82) is 5.41 Å². The molecule has 0 bridgehead atoms. The number of ether oxygens (including phenoxy) is 1. The van der Waals surface area contributed by atoms with Crippen LogP contribution >= 0.6 is 11.6 Å². The lowest BCUT2D eigenvalue weighted by atomic mass is 10.1. The fourth-order valence-corrected chi connectivity index (χ4v) is 4.93. The van der Waals surface area contributed by atoms with Crippen LogP contribution in [0.4, 0.5) is 0 Å². The Balaban J connectivity index is 1.86. The van der Waals surface area contributed by atoms with Crippen molar-refractivity contribution in [1.82, 2.24) is 10.2 Å². The molecule has 0 saturated carbocycles. The molecule has 1 aliphatic heterocycles. The van der Waals surface area contributed by atoms with Gasteiger partial charge in [-0.05, 0) is 92.9 Å². The van der Waals surface area contributed by atoms with Gasteiger partial charge in [-0.2, -0.15) is 0 Å². The number of hydrogen-bond donors (Lipinski definition) is 2. The van der Waals surface area contributed by atoms with Gasteiger partial charge in [0, 0.05) is 23.3 Å². The van der Waals surface area contributed by atoms with Crippen LogP contribution in [0.3, 0.4) is 0 Å². The fourth-order valence-electron chi connectivity index (χ4n) is 3.67. The molecule has 0 radical (unpaired) electrons. The summed E-state index contributed by atoms with van der Waals surface area (Å²) in [4.78, 5) is 7.85. The van der Waals surface area contributed by atoms with Gasteiger partial charge in [-0.1, -0.05) is 24.6 Å². The van der Waals surface area contributed by atoms with E-state index >= 15 is 0 Å². The number of hydrogen-bond acceptors (Lipinski definition) is 6. The average Bonchev–Trinajstić information content (AvgIpc) is 2.83. The molecule has 2 unspecified atom stereocenters. The van der Waals surface area contributed by atoms with Crippen LogP contribution in [0.15, 0.2) is 63.7 Å². The van der Waals surface area contributed by atoms with Crippen LogP contribution in [-0.2, 0) is 22.3 Å². The second kappa shape index (κ2) is 11.4. The molecule has 2 aromatic carbocycles. The lowest BCUT2D eigenvalue weighted by Crippen LogP contribution is -2.38. The zero-order valence-electron chi connectivity index (χ0n) is 20.6. The van der Waals surface area contributed by atoms with Crippen LogP contribution in [-0.4, -0.2) is 53.2 Å². The van der Waals surface area contributed by atoms with Gasteiger partial charge in [-0.25, -0.2) is 4.99 Å². The Bertz CT molecular complexity index is 1100. The van der Waals surface area contributed by atoms with Gasteiger partial charge in [0.2, 0.25) is 5.90 Å². The maximum Gasteiger partial charge on any atom is 0.215 e. The molecule has 2 aromatic rings. The van der Waals surface area contributed by atoms with Crippen molar-refractivity contribution in [2.45, 2.75) is 50.5 Å². The summed E-state index contributed by atoms with van der Waals surface area (Å²) in [5.41, 5.74) is 5.18. The Morgan fingerprint density at radius 2 is 1.94 bits per heavy atom. The van der Waals surface area contributed by atoms with Gasteiger partial charge >= 0.3 is 0 Å². The second-order valence-electron chi connectivity index (χ2n) is 8.53. The molecule has 0 spiro atoms. The Morgan fingerprint density at radius 3 is 2.50 bits per heavy atom. The van der Waals surface area contributed by atoms with E-state index in [1.54, 1.807) is 13.1 Å².